The maximum Gasteiger partial charge on any atom is 0.270 e. The van der Waals surface area contributed by atoms with Gasteiger partial charge in [-0.3, -0.25) is 19.8 Å². The van der Waals surface area contributed by atoms with Gasteiger partial charge in [0.1, 0.15) is 22.8 Å². The second-order valence-corrected chi connectivity index (χ2v) is 8.16. The molecule has 6 nitrogen and oxygen atoms in total. The van der Waals surface area contributed by atoms with Gasteiger partial charge in [0.2, 0.25) is 0 Å². The fourth-order valence-electron chi connectivity index (χ4n) is 3.93. The van der Waals surface area contributed by atoms with Crippen LogP contribution in [0.2, 0.25) is 0 Å². The van der Waals surface area contributed by atoms with E-state index in [4.69, 9.17) is 21.7 Å². The maximum atomic E-state index is 13.4. The van der Waals surface area contributed by atoms with Crippen LogP contribution in [0.1, 0.15) is 5.56 Å². The third-order valence-corrected chi connectivity index (χ3v) is 5.90. The summed E-state index contributed by atoms with van der Waals surface area (Å²) < 4.78 is 11.3. The zero-order valence-corrected chi connectivity index (χ0v) is 19.5. The number of ether oxygens (including phenoxy) is 2. The van der Waals surface area contributed by atoms with Crippen molar-refractivity contribution >= 4 is 51.7 Å². The van der Waals surface area contributed by atoms with E-state index in [1.165, 1.54) is 4.90 Å². The van der Waals surface area contributed by atoms with Crippen LogP contribution >= 0.6 is 12.2 Å². The molecular formula is C28H20N2O4S. The largest absolute Gasteiger partial charge is 0.496 e. The monoisotopic (exact) mass is 480 g/mol. The molecule has 1 fully saturated rings. The van der Waals surface area contributed by atoms with Gasteiger partial charge in [-0.05, 0) is 71.7 Å². The lowest BCUT2D eigenvalue weighted by atomic mass is 10.00. The number of nitrogens with zero attached hydrogens (tertiary/aromatic N) is 1. The van der Waals surface area contributed by atoms with Gasteiger partial charge in [-0.15, -0.1) is 0 Å². The van der Waals surface area contributed by atoms with Crippen molar-refractivity contribution in [3.05, 3.63) is 102 Å². The fourth-order valence-corrected chi connectivity index (χ4v) is 4.21. The van der Waals surface area contributed by atoms with Crippen LogP contribution in [-0.4, -0.2) is 24.0 Å². The first-order valence-electron chi connectivity index (χ1n) is 10.9. The van der Waals surface area contributed by atoms with Crippen LogP contribution in [0.15, 0.2) is 96.6 Å². The zero-order chi connectivity index (χ0) is 24.4. The molecule has 0 radical (unpaired) electrons. The number of carbonyl (C=O) groups excluding carboxylic acids is 2. The fraction of sp³-hybridized carbons (Fsp3) is 0.0357. The van der Waals surface area contributed by atoms with E-state index in [0.717, 1.165) is 16.3 Å². The molecule has 1 saturated heterocycles. The molecule has 1 aliphatic heterocycles. The second kappa shape index (κ2) is 9.40. The Hall–Kier alpha value is -4.49. The number of methoxy groups -OCH3 is 1. The predicted octanol–water partition coefficient (Wildman–Crippen LogP) is 5.47. The summed E-state index contributed by atoms with van der Waals surface area (Å²) in [6.07, 6.45) is 1.58. The predicted molar refractivity (Wildman–Crippen MR) is 140 cm³/mol. The van der Waals surface area contributed by atoms with Gasteiger partial charge in [-0.2, -0.15) is 0 Å². The van der Waals surface area contributed by atoms with Crippen LogP contribution in [0.3, 0.4) is 0 Å². The van der Waals surface area contributed by atoms with E-state index in [0.29, 0.717) is 22.9 Å². The third-order valence-electron chi connectivity index (χ3n) is 5.61. The highest BCUT2D eigenvalue weighted by Crippen LogP contribution is 2.31. The molecule has 0 saturated carbocycles. The number of hydrogen-bond donors (Lipinski definition) is 1. The van der Waals surface area contributed by atoms with E-state index in [1.54, 1.807) is 37.5 Å². The highest BCUT2D eigenvalue weighted by Gasteiger charge is 2.34. The summed E-state index contributed by atoms with van der Waals surface area (Å²) in [7, 11) is 1.60. The Kier molecular flexibility index (Phi) is 5.99. The SMILES string of the molecule is COc1ccc(C=C2C(=O)NC(=S)N(c3ccc(Oc4ccccc4)cc3)C2=O)c2ccccc12. The van der Waals surface area contributed by atoms with E-state index in [-0.39, 0.29) is 10.7 Å². The Morgan fingerprint density at radius 2 is 1.46 bits per heavy atom. The molecule has 0 bridgehead atoms. The molecule has 4 aromatic carbocycles. The summed E-state index contributed by atoms with van der Waals surface area (Å²) in [4.78, 5) is 27.5. The van der Waals surface area contributed by atoms with Crippen LogP contribution in [0.5, 0.6) is 17.2 Å². The number of rotatable bonds is 5. The number of para-hydroxylation sites is 1. The first-order valence-corrected chi connectivity index (χ1v) is 11.3. The Labute approximate surface area is 207 Å². The number of benzene rings is 4. The lowest BCUT2D eigenvalue weighted by Crippen LogP contribution is -2.54. The quantitative estimate of drug-likeness (QED) is 0.233. The molecule has 1 N–H and O–H groups in total. The molecule has 0 atom stereocenters. The average molecular weight is 481 g/mol. The third kappa shape index (κ3) is 4.37. The zero-order valence-electron chi connectivity index (χ0n) is 18.7. The summed E-state index contributed by atoms with van der Waals surface area (Å²) in [6, 6.07) is 27.6. The molecule has 1 aliphatic rings. The highest BCUT2D eigenvalue weighted by molar-refractivity contribution is 7.80. The van der Waals surface area contributed by atoms with E-state index in [2.05, 4.69) is 5.32 Å². The first-order chi connectivity index (χ1) is 17.0. The van der Waals surface area contributed by atoms with E-state index >= 15 is 0 Å². The topological polar surface area (TPSA) is 67.9 Å². The van der Waals surface area contributed by atoms with Gasteiger partial charge in [0.05, 0.1) is 12.8 Å². The lowest BCUT2D eigenvalue weighted by molar-refractivity contribution is -0.122. The summed E-state index contributed by atoms with van der Waals surface area (Å²) in [6.45, 7) is 0. The lowest BCUT2D eigenvalue weighted by Gasteiger charge is -2.29. The highest BCUT2D eigenvalue weighted by atomic mass is 32.1. The van der Waals surface area contributed by atoms with Gasteiger partial charge in [-0.25, -0.2) is 0 Å². The van der Waals surface area contributed by atoms with Gasteiger partial charge >= 0.3 is 0 Å². The number of carbonyl (C=O) groups is 2. The number of nitrogens with one attached hydrogen (secondary N) is 1. The Bertz CT molecular complexity index is 1480. The molecular weight excluding hydrogens is 460 g/mol. The smallest absolute Gasteiger partial charge is 0.270 e. The summed E-state index contributed by atoms with van der Waals surface area (Å²) >= 11 is 5.33. The maximum absolute atomic E-state index is 13.4. The van der Waals surface area contributed by atoms with Gasteiger partial charge < -0.3 is 9.47 Å². The van der Waals surface area contributed by atoms with Crippen LogP contribution in [-0.2, 0) is 9.59 Å². The minimum absolute atomic E-state index is 0.0152. The minimum atomic E-state index is -0.541. The van der Waals surface area contributed by atoms with Crippen molar-refractivity contribution in [2.75, 3.05) is 12.0 Å². The summed E-state index contributed by atoms with van der Waals surface area (Å²) in [5.74, 6) is 0.979. The molecule has 172 valence electrons. The molecule has 0 unspecified atom stereocenters. The summed E-state index contributed by atoms with van der Waals surface area (Å²) in [5.41, 5.74) is 1.23. The van der Waals surface area contributed by atoms with Crippen LogP contribution in [0.4, 0.5) is 5.69 Å². The van der Waals surface area contributed by atoms with Crippen molar-refractivity contribution in [3.63, 3.8) is 0 Å². The van der Waals surface area contributed by atoms with E-state index in [1.807, 2.05) is 66.7 Å². The van der Waals surface area contributed by atoms with Crippen molar-refractivity contribution in [1.29, 1.82) is 0 Å². The molecule has 0 spiro atoms. The van der Waals surface area contributed by atoms with Gasteiger partial charge in [0, 0.05) is 5.39 Å². The van der Waals surface area contributed by atoms with Gasteiger partial charge in [0.25, 0.3) is 11.8 Å². The normalized spacial score (nSPS) is 14.8. The molecule has 0 aromatic heterocycles. The van der Waals surface area contributed by atoms with Crippen molar-refractivity contribution in [1.82, 2.24) is 5.32 Å². The summed E-state index contributed by atoms with van der Waals surface area (Å²) in [5, 5.41) is 4.40. The van der Waals surface area contributed by atoms with Crippen LogP contribution < -0.4 is 19.7 Å². The van der Waals surface area contributed by atoms with Gasteiger partial charge in [-0.1, -0.05) is 48.5 Å². The average Bonchev–Trinajstić information content (AvgIpc) is 2.88. The van der Waals surface area contributed by atoms with Crippen LogP contribution in [0.25, 0.3) is 16.8 Å². The Morgan fingerprint density at radius 3 is 2.17 bits per heavy atom. The van der Waals surface area contributed by atoms with E-state index < -0.39 is 11.8 Å². The second-order valence-electron chi connectivity index (χ2n) is 7.77. The Morgan fingerprint density at radius 1 is 0.800 bits per heavy atom. The molecule has 7 heteroatoms. The molecule has 35 heavy (non-hydrogen) atoms. The standard InChI is InChI=1S/C28H20N2O4S/c1-33-25-16-11-18(22-9-5-6-10-23(22)25)17-24-26(31)29-28(35)30(27(24)32)19-12-14-21(15-13-19)34-20-7-3-2-4-8-20/h2-17H,1H3,(H,29,31,35). The number of anilines is 1. The number of fused-ring (bicyclic) bond motifs is 1. The van der Waals surface area contributed by atoms with Crippen molar-refractivity contribution in [3.8, 4) is 17.2 Å². The van der Waals surface area contributed by atoms with Crippen LogP contribution in [0, 0.1) is 0 Å². The van der Waals surface area contributed by atoms with Crippen molar-refractivity contribution in [2.24, 2.45) is 0 Å². The number of thiocarbonyl (C=S) groups is 1. The molecule has 2 amide bonds. The van der Waals surface area contributed by atoms with Crippen molar-refractivity contribution in [2.45, 2.75) is 0 Å². The van der Waals surface area contributed by atoms with Gasteiger partial charge in [0.15, 0.2) is 5.11 Å². The van der Waals surface area contributed by atoms with E-state index in [9.17, 15) is 9.59 Å². The number of hydrogen-bond acceptors (Lipinski definition) is 5. The Balaban J connectivity index is 1.47. The molecule has 4 aromatic rings. The van der Waals surface area contributed by atoms with Crippen molar-refractivity contribution < 1.29 is 19.1 Å². The molecule has 1 heterocycles. The number of amides is 2. The molecule has 0 aliphatic carbocycles. The molecule has 5 rings (SSSR count). The first kappa shape index (κ1) is 22.3. The minimum Gasteiger partial charge on any atom is -0.496 e.